The second-order valence-corrected chi connectivity index (χ2v) is 10.6. The third kappa shape index (κ3) is 6.94. The van der Waals surface area contributed by atoms with Gasteiger partial charge in [-0.15, -0.1) is 0 Å². The highest BCUT2D eigenvalue weighted by molar-refractivity contribution is 6.04. The van der Waals surface area contributed by atoms with Crippen molar-refractivity contribution in [1.29, 1.82) is 0 Å². The number of amides is 1. The van der Waals surface area contributed by atoms with Crippen LogP contribution in [-0.2, 0) is 11.2 Å². The maximum atomic E-state index is 14.7. The minimum Gasteiger partial charge on any atom is -0.505 e. The van der Waals surface area contributed by atoms with Crippen molar-refractivity contribution < 1.29 is 40.7 Å². The highest BCUT2D eigenvalue weighted by atomic mass is 19.4. The summed E-state index contributed by atoms with van der Waals surface area (Å²) in [5.74, 6) is -4.73. The van der Waals surface area contributed by atoms with Gasteiger partial charge in [0.05, 0.1) is 57.2 Å². The van der Waals surface area contributed by atoms with Crippen LogP contribution in [0.3, 0.4) is 0 Å². The van der Waals surface area contributed by atoms with E-state index in [9.17, 15) is 36.2 Å². The molecule has 0 fully saturated rings. The second-order valence-electron chi connectivity index (χ2n) is 10.6. The first kappa shape index (κ1) is 28.5. The average Bonchev–Trinajstić information content (AvgIpc) is 2.95. The molecule has 1 aromatic carbocycles. The number of nitrogens with one attached hydrogen (secondary N) is 2. The Kier molecular flexibility index (Phi) is 7.75. The van der Waals surface area contributed by atoms with E-state index in [2.05, 4.69) is 15.6 Å². The number of aliphatic hydroxyl groups excluding tert-OH is 1. The second kappa shape index (κ2) is 10.6. The van der Waals surface area contributed by atoms with Gasteiger partial charge < -0.3 is 25.1 Å². The Hall–Kier alpha value is -3.48. The first-order valence-electron chi connectivity index (χ1n) is 12.4. The van der Waals surface area contributed by atoms with Gasteiger partial charge in [-0.1, -0.05) is 12.1 Å². The summed E-state index contributed by atoms with van der Waals surface area (Å²) in [6.07, 6.45) is -2.40. The lowest BCUT2D eigenvalue weighted by molar-refractivity contribution is -0.900. The van der Waals surface area contributed by atoms with Crippen molar-refractivity contribution in [3.8, 4) is 0 Å². The van der Waals surface area contributed by atoms with Crippen molar-refractivity contribution in [1.82, 2.24) is 10.3 Å². The third-order valence-corrected chi connectivity index (χ3v) is 6.67. The number of rotatable bonds is 8. The van der Waals surface area contributed by atoms with E-state index < -0.39 is 49.2 Å². The van der Waals surface area contributed by atoms with E-state index in [1.54, 1.807) is 12.1 Å². The molecule has 0 saturated heterocycles. The zero-order valence-corrected chi connectivity index (χ0v) is 21.5. The van der Waals surface area contributed by atoms with Gasteiger partial charge in [0.25, 0.3) is 11.8 Å². The maximum absolute atomic E-state index is 14.7. The van der Waals surface area contributed by atoms with E-state index in [-0.39, 0.29) is 53.9 Å². The molecule has 0 radical (unpaired) electrons. The average molecular weight is 559 g/mol. The molecule has 1 amide bonds. The molecule has 13 heteroatoms. The molecule has 4 rings (SSSR count). The first-order chi connectivity index (χ1) is 18.1. The molecule has 39 heavy (non-hydrogen) atoms. The zero-order chi connectivity index (χ0) is 28.6. The molecule has 212 valence electrons. The lowest BCUT2D eigenvalue weighted by Gasteiger charge is -2.33. The van der Waals surface area contributed by atoms with E-state index in [0.717, 1.165) is 5.56 Å². The number of pyridine rings is 1. The summed E-state index contributed by atoms with van der Waals surface area (Å²) in [7, 11) is 2.87. The van der Waals surface area contributed by atoms with Crippen LogP contribution in [0.2, 0.25) is 0 Å². The number of benzene rings is 1. The fourth-order valence-electron chi connectivity index (χ4n) is 4.91. The molecule has 1 aromatic heterocycles. The van der Waals surface area contributed by atoms with E-state index in [1.165, 1.54) is 37.3 Å². The van der Waals surface area contributed by atoms with Crippen molar-refractivity contribution >= 4 is 23.0 Å². The van der Waals surface area contributed by atoms with Crippen molar-refractivity contribution in [2.24, 2.45) is 0 Å². The SMILES string of the molecule is C[N+](C)(CCCNC(=O)C1=C(O)c2ncc(Cc3ccc(F)cc3)c3c2N(C1)CC(F)(F)CN3)CC(F)(F)F. The van der Waals surface area contributed by atoms with E-state index >= 15 is 0 Å². The fraction of sp³-hybridized carbons (Fsp3) is 0.462. The highest BCUT2D eigenvalue weighted by Gasteiger charge is 2.42. The largest absolute Gasteiger partial charge is 0.505 e. The molecular formula is C26H30F6N5O2+. The van der Waals surface area contributed by atoms with Crippen LogP contribution in [0.1, 0.15) is 23.2 Å². The number of anilines is 2. The monoisotopic (exact) mass is 558 g/mol. The predicted molar refractivity (Wildman–Crippen MR) is 134 cm³/mol. The molecule has 0 atom stereocenters. The summed E-state index contributed by atoms with van der Waals surface area (Å²) in [4.78, 5) is 18.5. The number of carbonyl (C=O) groups excluding carboxylic acids is 1. The number of halogens is 6. The van der Waals surface area contributed by atoms with Gasteiger partial charge in [-0.2, -0.15) is 13.2 Å². The fourth-order valence-corrected chi connectivity index (χ4v) is 4.91. The van der Waals surface area contributed by atoms with Crippen LogP contribution in [-0.4, -0.2) is 85.9 Å². The number of alkyl halides is 5. The Morgan fingerprint density at radius 3 is 2.59 bits per heavy atom. The van der Waals surface area contributed by atoms with Crippen LogP contribution in [0.5, 0.6) is 0 Å². The molecule has 3 N–H and O–H groups in total. The topological polar surface area (TPSA) is 77.5 Å². The van der Waals surface area contributed by atoms with Crippen LogP contribution in [0, 0.1) is 5.82 Å². The lowest BCUT2D eigenvalue weighted by Crippen LogP contribution is -2.48. The molecule has 2 aromatic rings. The lowest BCUT2D eigenvalue weighted by atomic mass is 9.98. The van der Waals surface area contributed by atoms with Crippen molar-refractivity contribution in [3.63, 3.8) is 0 Å². The Bertz CT molecular complexity index is 1260. The standard InChI is InChI=1S/C26H29F6N5O2/c1-37(2,15-26(30,31)32)9-3-8-33-24(39)19-12-36-14-25(28,29)13-35-20-17(10-16-4-6-18(27)7-5-16)11-34-21(22(20)36)23(19)38/h4-7,11H,3,8-10,12-15H2,1-2H3,(H2-,33,34,35,38,39)/p+1. The van der Waals surface area contributed by atoms with Crippen molar-refractivity contribution in [2.45, 2.75) is 24.9 Å². The number of hydrogen-bond donors (Lipinski definition) is 3. The molecular weight excluding hydrogens is 528 g/mol. The molecule has 3 heterocycles. The van der Waals surface area contributed by atoms with E-state index in [0.29, 0.717) is 11.3 Å². The number of carbonyl (C=O) groups is 1. The Morgan fingerprint density at radius 2 is 1.92 bits per heavy atom. The third-order valence-electron chi connectivity index (χ3n) is 6.67. The van der Waals surface area contributed by atoms with Gasteiger partial charge in [0, 0.05) is 31.1 Å². The number of nitrogens with zero attached hydrogens (tertiary/aromatic N) is 3. The summed E-state index contributed by atoms with van der Waals surface area (Å²) in [6, 6.07) is 5.74. The summed E-state index contributed by atoms with van der Waals surface area (Å²) in [5.41, 5.74) is 1.69. The molecule has 0 spiro atoms. The van der Waals surface area contributed by atoms with Crippen molar-refractivity contribution in [2.75, 3.05) is 63.6 Å². The van der Waals surface area contributed by atoms with Gasteiger partial charge in [-0.25, -0.2) is 13.2 Å². The Morgan fingerprint density at radius 1 is 1.23 bits per heavy atom. The van der Waals surface area contributed by atoms with Gasteiger partial charge in [0.15, 0.2) is 12.3 Å². The van der Waals surface area contributed by atoms with Gasteiger partial charge >= 0.3 is 6.18 Å². The normalized spacial score (nSPS) is 16.9. The summed E-state index contributed by atoms with van der Waals surface area (Å²) in [5, 5.41) is 16.3. The van der Waals surface area contributed by atoms with E-state index in [4.69, 9.17) is 0 Å². The van der Waals surface area contributed by atoms with Crippen LogP contribution in [0.15, 0.2) is 36.0 Å². The highest BCUT2D eigenvalue weighted by Crippen LogP contribution is 2.43. The Balaban J connectivity index is 1.55. The summed E-state index contributed by atoms with van der Waals surface area (Å²) < 4.78 is 80.6. The van der Waals surface area contributed by atoms with Crippen LogP contribution in [0.4, 0.5) is 37.7 Å². The molecule has 0 saturated carbocycles. The number of aliphatic hydroxyl groups is 1. The summed E-state index contributed by atoms with van der Waals surface area (Å²) in [6.45, 7) is -2.56. The quantitative estimate of drug-likeness (QED) is 0.258. The molecule has 2 aliphatic rings. The van der Waals surface area contributed by atoms with Crippen LogP contribution in [0.25, 0.3) is 5.76 Å². The summed E-state index contributed by atoms with van der Waals surface area (Å²) >= 11 is 0. The van der Waals surface area contributed by atoms with E-state index in [1.807, 2.05) is 0 Å². The zero-order valence-electron chi connectivity index (χ0n) is 21.5. The molecule has 0 unspecified atom stereocenters. The van der Waals surface area contributed by atoms with Crippen LogP contribution < -0.4 is 15.5 Å². The van der Waals surface area contributed by atoms with Gasteiger partial charge in [0.2, 0.25) is 0 Å². The smallest absolute Gasteiger partial charge is 0.438 e. The first-order valence-corrected chi connectivity index (χ1v) is 12.4. The molecule has 2 aliphatic heterocycles. The number of quaternary nitrogens is 1. The Labute approximate surface area is 221 Å². The number of aromatic nitrogens is 1. The minimum absolute atomic E-state index is 0.0302. The molecule has 0 bridgehead atoms. The minimum atomic E-state index is -4.33. The van der Waals surface area contributed by atoms with Gasteiger partial charge in [0.1, 0.15) is 11.5 Å². The van der Waals surface area contributed by atoms with Gasteiger partial charge in [-0.05, 0) is 17.7 Å². The maximum Gasteiger partial charge on any atom is 0.438 e. The number of hydrogen-bond acceptors (Lipinski definition) is 5. The van der Waals surface area contributed by atoms with Gasteiger partial charge in [-0.3, -0.25) is 9.78 Å². The molecule has 7 nitrogen and oxygen atoms in total. The van der Waals surface area contributed by atoms with Crippen LogP contribution >= 0.6 is 0 Å². The molecule has 0 aliphatic carbocycles. The predicted octanol–water partition coefficient (Wildman–Crippen LogP) is 4.11. The van der Waals surface area contributed by atoms with Crippen molar-refractivity contribution in [3.05, 3.63) is 58.7 Å².